The van der Waals surface area contributed by atoms with Crippen LogP contribution in [0.3, 0.4) is 0 Å². The fourth-order valence-corrected chi connectivity index (χ4v) is 4.10. The number of nitrogens with one attached hydrogen (secondary N) is 1. The van der Waals surface area contributed by atoms with Gasteiger partial charge < -0.3 is 15.1 Å². The van der Waals surface area contributed by atoms with Crippen LogP contribution in [0, 0.1) is 6.92 Å². The summed E-state index contributed by atoms with van der Waals surface area (Å²) in [5.74, 6) is 0.00565. The number of rotatable bonds is 6. The zero-order valence-corrected chi connectivity index (χ0v) is 16.6. The molecule has 2 fully saturated rings. The Morgan fingerprint density at radius 1 is 1.15 bits per heavy atom. The Bertz CT molecular complexity index is 655. The van der Waals surface area contributed by atoms with Crippen molar-refractivity contribution in [3.05, 3.63) is 29.8 Å². The van der Waals surface area contributed by atoms with Crippen molar-refractivity contribution in [2.45, 2.75) is 39.2 Å². The van der Waals surface area contributed by atoms with Crippen molar-refractivity contribution in [1.29, 1.82) is 0 Å². The van der Waals surface area contributed by atoms with E-state index in [0.717, 1.165) is 52.0 Å². The number of nitrogens with zero attached hydrogens (tertiary/aromatic N) is 3. The molecule has 27 heavy (non-hydrogen) atoms. The highest BCUT2D eigenvalue weighted by atomic mass is 16.2. The quantitative estimate of drug-likeness (QED) is 0.772. The molecule has 6 nitrogen and oxygen atoms in total. The van der Waals surface area contributed by atoms with E-state index in [1.54, 1.807) is 11.8 Å². The van der Waals surface area contributed by atoms with E-state index >= 15 is 0 Å². The first-order chi connectivity index (χ1) is 13.0. The lowest BCUT2D eigenvalue weighted by atomic mass is 10.2. The summed E-state index contributed by atoms with van der Waals surface area (Å²) in [6, 6.07) is 8.43. The molecule has 2 aliphatic rings. The third-order valence-electron chi connectivity index (χ3n) is 5.65. The van der Waals surface area contributed by atoms with E-state index in [1.165, 1.54) is 11.3 Å². The number of amides is 2. The van der Waals surface area contributed by atoms with Gasteiger partial charge in [-0.3, -0.25) is 14.5 Å². The van der Waals surface area contributed by atoms with Crippen LogP contribution in [0.4, 0.5) is 5.69 Å². The van der Waals surface area contributed by atoms with E-state index in [4.69, 9.17) is 0 Å². The highest BCUT2D eigenvalue weighted by Gasteiger charge is 2.31. The van der Waals surface area contributed by atoms with Gasteiger partial charge in [-0.1, -0.05) is 12.1 Å². The molecule has 1 aromatic carbocycles. The first kappa shape index (κ1) is 19.7. The molecule has 3 rings (SSSR count). The van der Waals surface area contributed by atoms with Crippen LogP contribution in [0.2, 0.25) is 0 Å². The molecule has 0 radical (unpaired) electrons. The van der Waals surface area contributed by atoms with Gasteiger partial charge in [0.2, 0.25) is 11.8 Å². The summed E-state index contributed by atoms with van der Waals surface area (Å²) in [6.45, 7) is 10.3. The molecule has 0 bridgehead atoms. The molecule has 148 valence electrons. The number of aryl methyl sites for hydroxylation is 1. The Hall–Kier alpha value is -2.08. The van der Waals surface area contributed by atoms with Crippen LogP contribution in [0.1, 0.15) is 31.7 Å². The first-order valence-corrected chi connectivity index (χ1v) is 10.1. The van der Waals surface area contributed by atoms with Gasteiger partial charge in [-0.25, -0.2) is 0 Å². The van der Waals surface area contributed by atoms with Gasteiger partial charge in [-0.15, -0.1) is 0 Å². The van der Waals surface area contributed by atoms with Crippen molar-refractivity contribution >= 4 is 17.5 Å². The largest absolute Gasteiger partial charge is 0.369 e. The van der Waals surface area contributed by atoms with Gasteiger partial charge in [0.05, 0.1) is 0 Å². The lowest BCUT2D eigenvalue weighted by molar-refractivity contribution is -0.136. The minimum atomic E-state index is -0.264. The molecule has 2 heterocycles. The maximum absolute atomic E-state index is 12.3. The lowest BCUT2D eigenvalue weighted by Crippen LogP contribution is -2.48. The van der Waals surface area contributed by atoms with Crippen LogP contribution < -0.4 is 10.2 Å². The first-order valence-electron chi connectivity index (χ1n) is 10.1. The van der Waals surface area contributed by atoms with E-state index in [9.17, 15) is 9.59 Å². The average molecular weight is 373 g/mol. The smallest absolute Gasteiger partial charge is 0.242 e. The number of hydrogen-bond donors (Lipinski definition) is 1. The molecule has 2 saturated heterocycles. The minimum absolute atomic E-state index is 0.000805. The number of hydrogen-bond acceptors (Lipinski definition) is 4. The molecule has 0 unspecified atom stereocenters. The van der Waals surface area contributed by atoms with E-state index in [1.807, 2.05) is 0 Å². The molecule has 2 aliphatic heterocycles. The topological polar surface area (TPSA) is 55.9 Å². The van der Waals surface area contributed by atoms with Gasteiger partial charge in [0.1, 0.15) is 6.04 Å². The molecular formula is C21H32N4O2. The van der Waals surface area contributed by atoms with Crippen LogP contribution in [-0.4, -0.2) is 73.5 Å². The summed E-state index contributed by atoms with van der Waals surface area (Å²) in [4.78, 5) is 30.5. The summed E-state index contributed by atoms with van der Waals surface area (Å²) >= 11 is 0. The average Bonchev–Trinajstić information content (AvgIpc) is 3.16. The van der Waals surface area contributed by atoms with Crippen molar-refractivity contribution in [3.63, 3.8) is 0 Å². The summed E-state index contributed by atoms with van der Waals surface area (Å²) in [5.41, 5.74) is 2.62. The lowest BCUT2D eigenvalue weighted by Gasteiger charge is -2.36. The second kappa shape index (κ2) is 9.22. The van der Waals surface area contributed by atoms with Gasteiger partial charge in [-0.2, -0.15) is 0 Å². The minimum Gasteiger partial charge on any atom is -0.369 e. The highest BCUT2D eigenvalue weighted by molar-refractivity contribution is 5.87. The molecule has 0 spiro atoms. The highest BCUT2D eigenvalue weighted by Crippen LogP contribution is 2.18. The number of likely N-dealkylation sites (tertiary alicyclic amines) is 1. The SMILES string of the molecule is CC(=O)N1CCC[C@H]1C(=O)NCCCN1CCN(c2cccc(C)c2)CC1. The Labute approximate surface area is 162 Å². The number of piperazine rings is 1. The third kappa shape index (κ3) is 5.22. The number of benzene rings is 1. The monoisotopic (exact) mass is 372 g/mol. The molecule has 2 amide bonds. The summed E-state index contributed by atoms with van der Waals surface area (Å²) in [5, 5.41) is 3.02. The third-order valence-corrected chi connectivity index (χ3v) is 5.65. The van der Waals surface area contributed by atoms with Crippen LogP contribution in [0.5, 0.6) is 0 Å². The Balaban J connectivity index is 1.34. The Morgan fingerprint density at radius 2 is 1.93 bits per heavy atom. The maximum Gasteiger partial charge on any atom is 0.242 e. The molecule has 1 N–H and O–H groups in total. The van der Waals surface area contributed by atoms with Crippen molar-refractivity contribution in [3.8, 4) is 0 Å². The number of anilines is 1. The standard InChI is InChI=1S/C21H32N4O2/c1-17-6-3-7-19(16-17)24-14-12-23(13-15-24)10-5-9-22-21(27)20-8-4-11-25(20)18(2)26/h3,6-7,16,20H,4-5,8-15H2,1-2H3,(H,22,27)/t20-/m0/s1. The molecular weight excluding hydrogens is 340 g/mol. The van der Waals surface area contributed by atoms with Crippen molar-refractivity contribution < 1.29 is 9.59 Å². The van der Waals surface area contributed by atoms with Crippen molar-refractivity contribution in [2.75, 3.05) is 50.7 Å². The van der Waals surface area contributed by atoms with Gasteiger partial charge in [-0.05, 0) is 50.4 Å². The molecule has 1 atom stereocenters. The summed E-state index contributed by atoms with van der Waals surface area (Å²) in [7, 11) is 0. The second-order valence-corrected chi connectivity index (χ2v) is 7.68. The molecule has 0 aromatic heterocycles. The van der Waals surface area contributed by atoms with Crippen LogP contribution in [-0.2, 0) is 9.59 Å². The predicted octanol–water partition coefficient (Wildman–Crippen LogP) is 1.63. The molecule has 1 aromatic rings. The van der Waals surface area contributed by atoms with Gasteiger partial charge in [0, 0.05) is 51.9 Å². The van der Waals surface area contributed by atoms with Gasteiger partial charge >= 0.3 is 0 Å². The fourth-order valence-electron chi connectivity index (χ4n) is 4.10. The Kier molecular flexibility index (Phi) is 6.72. The normalized spacial score (nSPS) is 20.7. The van der Waals surface area contributed by atoms with Crippen LogP contribution >= 0.6 is 0 Å². The van der Waals surface area contributed by atoms with Crippen LogP contribution in [0.15, 0.2) is 24.3 Å². The molecule has 0 saturated carbocycles. The van der Waals surface area contributed by atoms with Gasteiger partial charge in [0.25, 0.3) is 0 Å². The van der Waals surface area contributed by atoms with E-state index in [0.29, 0.717) is 13.1 Å². The fraction of sp³-hybridized carbons (Fsp3) is 0.619. The predicted molar refractivity (Wildman–Crippen MR) is 108 cm³/mol. The maximum atomic E-state index is 12.3. The zero-order chi connectivity index (χ0) is 19.2. The van der Waals surface area contributed by atoms with E-state index in [2.05, 4.69) is 46.3 Å². The number of carbonyl (C=O) groups is 2. The summed E-state index contributed by atoms with van der Waals surface area (Å²) < 4.78 is 0. The zero-order valence-electron chi connectivity index (χ0n) is 16.6. The molecule has 6 heteroatoms. The van der Waals surface area contributed by atoms with Gasteiger partial charge in [0.15, 0.2) is 0 Å². The van der Waals surface area contributed by atoms with Crippen molar-refractivity contribution in [1.82, 2.24) is 15.1 Å². The number of carbonyl (C=O) groups excluding carboxylic acids is 2. The van der Waals surface area contributed by atoms with Crippen molar-refractivity contribution in [2.24, 2.45) is 0 Å². The second-order valence-electron chi connectivity index (χ2n) is 7.68. The molecule has 0 aliphatic carbocycles. The Morgan fingerprint density at radius 3 is 2.63 bits per heavy atom. The summed E-state index contributed by atoms with van der Waals surface area (Å²) in [6.07, 6.45) is 2.65. The van der Waals surface area contributed by atoms with E-state index in [-0.39, 0.29) is 17.9 Å². The van der Waals surface area contributed by atoms with Crippen LogP contribution in [0.25, 0.3) is 0 Å². The van der Waals surface area contributed by atoms with E-state index < -0.39 is 0 Å².